The first-order valence-corrected chi connectivity index (χ1v) is 9.93. The second kappa shape index (κ2) is 9.24. The summed E-state index contributed by atoms with van der Waals surface area (Å²) in [6.45, 7) is 10.1. The highest BCUT2D eigenvalue weighted by atomic mass is 35.5. The van der Waals surface area contributed by atoms with Gasteiger partial charge in [-0.1, -0.05) is 45.4 Å². The number of benzene rings is 1. The lowest BCUT2D eigenvalue weighted by atomic mass is 9.92. The van der Waals surface area contributed by atoms with Gasteiger partial charge in [-0.05, 0) is 31.5 Å². The van der Waals surface area contributed by atoms with Crippen LogP contribution in [-0.2, 0) is 15.0 Å². The van der Waals surface area contributed by atoms with E-state index < -0.39 is 0 Å². The van der Waals surface area contributed by atoms with Crippen LogP contribution in [0.4, 0.5) is 5.82 Å². The second-order valence-corrected chi connectivity index (χ2v) is 8.42. The van der Waals surface area contributed by atoms with E-state index in [2.05, 4.69) is 36.5 Å². The summed E-state index contributed by atoms with van der Waals surface area (Å²) >= 11 is 6.11. The normalized spacial score (nSPS) is 12.5. The summed E-state index contributed by atoms with van der Waals surface area (Å²) in [6.07, 6.45) is 1.10. The predicted octanol–water partition coefficient (Wildman–Crippen LogP) is 4.46. The highest BCUT2D eigenvalue weighted by Crippen LogP contribution is 2.27. The Hall–Kier alpha value is -2.34. The molecule has 0 bridgehead atoms. The van der Waals surface area contributed by atoms with E-state index in [-0.39, 0.29) is 36.1 Å². The average Bonchev–Trinajstić information content (AvgIpc) is 3.04. The van der Waals surface area contributed by atoms with Gasteiger partial charge in [-0.2, -0.15) is 5.10 Å². The number of hydrogen-bond donors (Lipinski definition) is 2. The van der Waals surface area contributed by atoms with E-state index >= 15 is 0 Å². The average molecular weight is 405 g/mol. The Labute approximate surface area is 171 Å². The lowest BCUT2D eigenvalue weighted by Crippen LogP contribution is -2.32. The zero-order valence-electron chi connectivity index (χ0n) is 17.2. The van der Waals surface area contributed by atoms with E-state index in [1.807, 2.05) is 32.0 Å². The molecule has 1 atom stereocenters. The van der Waals surface area contributed by atoms with Gasteiger partial charge in [0.1, 0.15) is 5.82 Å². The van der Waals surface area contributed by atoms with Crippen molar-refractivity contribution in [2.75, 3.05) is 5.32 Å². The van der Waals surface area contributed by atoms with Gasteiger partial charge in [0.25, 0.3) is 0 Å². The molecule has 0 aliphatic heterocycles. The number of halogens is 1. The molecule has 2 N–H and O–H groups in total. The van der Waals surface area contributed by atoms with Crippen molar-refractivity contribution >= 4 is 29.2 Å². The first kappa shape index (κ1) is 22.0. The number of amides is 2. The topological polar surface area (TPSA) is 76.0 Å². The van der Waals surface area contributed by atoms with Gasteiger partial charge in [0.2, 0.25) is 11.8 Å². The van der Waals surface area contributed by atoms with Crippen LogP contribution in [0.3, 0.4) is 0 Å². The van der Waals surface area contributed by atoms with Crippen molar-refractivity contribution in [3.05, 3.63) is 41.0 Å². The summed E-state index contributed by atoms with van der Waals surface area (Å²) in [6, 6.07) is 9.25. The smallest absolute Gasteiger partial charge is 0.226 e. The fraction of sp³-hybridized carbons (Fsp3) is 0.476. The monoisotopic (exact) mass is 404 g/mol. The molecule has 0 saturated carbocycles. The largest absolute Gasteiger partial charge is 0.354 e. The Morgan fingerprint density at radius 2 is 1.86 bits per heavy atom. The van der Waals surface area contributed by atoms with Crippen molar-refractivity contribution in [1.82, 2.24) is 15.1 Å². The summed E-state index contributed by atoms with van der Waals surface area (Å²) < 4.78 is 1.67. The van der Waals surface area contributed by atoms with Gasteiger partial charge >= 0.3 is 0 Å². The Morgan fingerprint density at radius 1 is 1.18 bits per heavy atom. The van der Waals surface area contributed by atoms with Crippen LogP contribution < -0.4 is 10.6 Å². The fourth-order valence-corrected chi connectivity index (χ4v) is 2.71. The highest BCUT2D eigenvalue weighted by Gasteiger charge is 2.21. The van der Waals surface area contributed by atoms with Crippen molar-refractivity contribution in [3.63, 3.8) is 0 Å². The standard InChI is InChI=1S/C21H29ClN4O2/c1-6-14(2)23-19(27)10-11-20(28)24-18-13-17(21(3,4)5)25-26(18)16-9-7-8-15(22)12-16/h7-9,12-14H,6,10-11H2,1-5H3,(H,23,27)(H,24,28)/t14-/m0/s1. The number of nitrogens with zero attached hydrogens (tertiary/aromatic N) is 2. The first-order valence-electron chi connectivity index (χ1n) is 9.56. The minimum Gasteiger partial charge on any atom is -0.354 e. The van der Waals surface area contributed by atoms with E-state index in [4.69, 9.17) is 11.6 Å². The Bertz CT molecular complexity index is 839. The molecule has 2 aromatic rings. The number of carbonyl (C=O) groups is 2. The van der Waals surface area contributed by atoms with Gasteiger partial charge in [-0.25, -0.2) is 4.68 Å². The Kier molecular flexibility index (Phi) is 7.24. The van der Waals surface area contributed by atoms with Gasteiger partial charge in [0, 0.05) is 35.4 Å². The molecule has 0 saturated heterocycles. The van der Waals surface area contributed by atoms with E-state index in [1.54, 1.807) is 16.8 Å². The van der Waals surface area contributed by atoms with Crippen LogP contribution >= 0.6 is 11.6 Å². The number of nitrogens with one attached hydrogen (secondary N) is 2. The molecular formula is C21H29ClN4O2. The van der Waals surface area contributed by atoms with Gasteiger partial charge in [-0.15, -0.1) is 0 Å². The zero-order chi connectivity index (χ0) is 20.9. The third kappa shape index (κ3) is 6.09. The molecule has 0 spiro atoms. The zero-order valence-corrected chi connectivity index (χ0v) is 17.9. The summed E-state index contributed by atoms with van der Waals surface area (Å²) in [5.74, 6) is 0.200. The maximum absolute atomic E-state index is 12.4. The molecular weight excluding hydrogens is 376 g/mol. The molecule has 0 fully saturated rings. The summed E-state index contributed by atoms with van der Waals surface area (Å²) in [5, 5.41) is 11.0. The van der Waals surface area contributed by atoms with Crippen molar-refractivity contribution in [2.24, 2.45) is 0 Å². The lowest BCUT2D eigenvalue weighted by Gasteiger charge is -2.14. The van der Waals surface area contributed by atoms with Crippen LogP contribution in [-0.4, -0.2) is 27.6 Å². The summed E-state index contributed by atoms with van der Waals surface area (Å²) in [5.41, 5.74) is 1.42. The van der Waals surface area contributed by atoms with Crippen molar-refractivity contribution in [3.8, 4) is 5.69 Å². The molecule has 0 aliphatic carbocycles. The number of aromatic nitrogens is 2. The number of carbonyl (C=O) groups excluding carboxylic acids is 2. The van der Waals surface area contributed by atoms with Crippen LogP contribution in [0.2, 0.25) is 5.02 Å². The SMILES string of the molecule is CC[C@H](C)NC(=O)CCC(=O)Nc1cc(C(C)(C)C)nn1-c1cccc(Cl)c1. The van der Waals surface area contributed by atoms with Gasteiger partial charge in [-0.3, -0.25) is 9.59 Å². The van der Waals surface area contributed by atoms with Gasteiger partial charge < -0.3 is 10.6 Å². The van der Waals surface area contributed by atoms with E-state index in [0.717, 1.165) is 17.8 Å². The molecule has 152 valence electrons. The molecule has 28 heavy (non-hydrogen) atoms. The molecule has 1 aromatic heterocycles. The van der Waals surface area contributed by atoms with E-state index in [1.165, 1.54) is 0 Å². The lowest BCUT2D eigenvalue weighted by molar-refractivity contribution is -0.124. The molecule has 0 radical (unpaired) electrons. The molecule has 7 heteroatoms. The van der Waals surface area contributed by atoms with Crippen molar-refractivity contribution in [2.45, 2.75) is 65.3 Å². The third-order valence-electron chi connectivity index (χ3n) is 4.40. The molecule has 1 heterocycles. The van der Waals surface area contributed by atoms with E-state index in [0.29, 0.717) is 10.8 Å². The summed E-state index contributed by atoms with van der Waals surface area (Å²) in [7, 11) is 0. The minimum absolute atomic E-state index is 0.105. The molecule has 6 nitrogen and oxygen atoms in total. The molecule has 2 amide bonds. The number of anilines is 1. The highest BCUT2D eigenvalue weighted by molar-refractivity contribution is 6.30. The first-order chi connectivity index (χ1) is 13.1. The van der Waals surface area contributed by atoms with Crippen LogP contribution in [0.5, 0.6) is 0 Å². The molecule has 0 aliphatic rings. The van der Waals surface area contributed by atoms with Crippen molar-refractivity contribution < 1.29 is 9.59 Å². The number of hydrogen-bond acceptors (Lipinski definition) is 3. The maximum atomic E-state index is 12.4. The van der Waals surface area contributed by atoms with Gasteiger partial charge in [0.15, 0.2) is 0 Å². The van der Waals surface area contributed by atoms with Crippen LogP contribution in [0.25, 0.3) is 5.69 Å². The van der Waals surface area contributed by atoms with Crippen molar-refractivity contribution in [1.29, 1.82) is 0 Å². The predicted molar refractivity (Wildman–Crippen MR) is 113 cm³/mol. The van der Waals surface area contributed by atoms with Crippen LogP contribution in [0.15, 0.2) is 30.3 Å². The summed E-state index contributed by atoms with van der Waals surface area (Å²) in [4.78, 5) is 24.3. The quantitative estimate of drug-likeness (QED) is 0.715. The fourth-order valence-electron chi connectivity index (χ4n) is 2.52. The molecule has 1 aromatic carbocycles. The van der Waals surface area contributed by atoms with Crippen LogP contribution in [0.1, 0.15) is 59.6 Å². The minimum atomic E-state index is -0.233. The molecule has 2 rings (SSSR count). The Balaban J connectivity index is 2.16. The van der Waals surface area contributed by atoms with Crippen LogP contribution in [0, 0.1) is 0 Å². The third-order valence-corrected chi connectivity index (χ3v) is 4.63. The number of rotatable bonds is 7. The second-order valence-electron chi connectivity index (χ2n) is 7.98. The van der Waals surface area contributed by atoms with Gasteiger partial charge in [0.05, 0.1) is 11.4 Å². The molecule has 0 unspecified atom stereocenters. The maximum Gasteiger partial charge on any atom is 0.226 e. The van der Waals surface area contributed by atoms with E-state index in [9.17, 15) is 9.59 Å². The Morgan fingerprint density at radius 3 is 2.46 bits per heavy atom.